The molecule has 4 nitrogen and oxygen atoms in total. The molecule has 132 valence electrons. The molecule has 0 bridgehead atoms. The number of benzene rings is 1. The Hall–Kier alpha value is -2.01. The minimum atomic E-state index is -0.303. The first kappa shape index (κ1) is 16.5. The number of hydrogen-bond donors (Lipinski definition) is 0. The van der Waals surface area contributed by atoms with Gasteiger partial charge in [0.1, 0.15) is 5.82 Å². The number of rotatable bonds is 2. The summed E-state index contributed by atoms with van der Waals surface area (Å²) in [7, 11) is 2.16. The maximum Gasteiger partial charge on any atom is 0.256 e. The van der Waals surface area contributed by atoms with Gasteiger partial charge in [-0.2, -0.15) is 0 Å². The number of amides is 1. The van der Waals surface area contributed by atoms with E-state index in [1.165, 1.54) is 25.0 Å². The number of aromatic nitrogens is 1. The molecule has 4 rings (SSSR count). The van der Waals surface area contributed by atoms with Crippen LogP contribution in [0.3, 0.4) is 0 Å². The zero-order valence-corrected chi connectivity index (χ0v) is 14.8. The fraction of sp³-hybridized carbons (Fsp3) is 0.500. The highest BCUT2D eigenvalue weighted by molar-refractivity contribution is 5.99. The smallest absolute Gasteiger partial charge is 0.256 e. The third-order valence-electron chi connectivity index (χ3n) is 5.78. The van der Waals surface area contributed by atoms with Crippen LogP contribution < -0.4 is 0 Å². The maximum absolute atomic E-state index is 13.4. The summed E-state index contributed by atoms with van der Waals surface area (Å²) >= 11 is 0. The van der Waals surface area contributed by atoms with Crippen LogP contribution in [0.1, 0.15) is 41.7 Å². The molecule has 0 N–H and O–H groups in total. The molecule has 1 aromatic heterocycles. The Balaban J connectivity index is 1.66. The Morgan fingerprint density at radius 3 is 2.68 bits per heavy atom. The highest BCUT2D eigenvalue weighted by Crippen LogP contribution is 2.31. The number of likely N-dealkylation sites (tertiary alicyclic amines) is 2. The number of aryl methyl sites for hydroxylation is 1. The number of hydrogen-bond acceptors (Lipinski definition) is 3. The standard InChI is InChI=1S/C20H24FN3O/c1-13-16(11-14-7-8-15(21)12-17(14)22-13)20(25)24-10-4-6-19(24)18-5-3-9-23(18)2/h7-8,11-12,18-19H,3-6,9-10H2,1-2H3. The van der Waals surface area contributed by atoms with Gasteiger partial charge in [0.2, 0.25) is 0 Å². The number of halogens is 1. The van der Waals surface area contributed by atoms with Gasteiger partial charge < -0.3 is 9.80 Å². The Bertz CT molecular complexity index is 822. The number of likely N-dealkylation sites (N-methyl/N-ethyl adjacent to an activating group) is 1. The first-order chi connectivity index (χ1) is 12.0. The summed E-state index contributed by atoms with van der Waals surface area (Å²) in [4.78, 5) is 22.2. The summed E-state index contributed by atoms with van der Waals surface area (Å²) in [5.41, 5.74) is 1.92. The van der Waals surface area contributed by atoms with Gasteiger partial charge in [-0.15, -0.1) is 0 Å². The van der Waals surface area contributed by atoms with Crippen molar-refractivity contribution in [3.8, 4) is 0 Å². The van der Waals surface area contributed by atoms with Crippen molar-refractivity contribution < 1.29 is 9.18 Å². The highest BCUT2D eigenvalue weighted by atomic mass is 19.1. The fourth-order valence-corrected chi connectivity index (χ4v) is 4.47. The molecule has 25 heavy (non-hydrogen) atoms. The second-order valence-electron chi connectivity index (χ2n) is 7.36. The molecule has 2 saturated heterocycles. The van der Waals surface area contributed by atoms with E-state index in [1.807, 2.05) is 17.9 Å². The molecule has 2 aliphatic rings. The second-order valence-corrected chi connectivity index (χ2v) is 7.36. The molecule has 1 amide bonds. The van der Waals surface area contributed by atoms with Crippen molar-refractivity contribution in [1.82, 2.24) is 14.8 Å². The van der Waals surface area contributed by atoms with Crippen molar-refractivity contribution in [1.29, 1.82) is 0 Å². The lowest BCUT2D eigenvalue weighted by molar-refractivity contribution is 0.0663. The van der Waals surface area contributed by atoms with Crippen LogP contribution in [0.2, 0.25) is 0 Å². The largest absolute Gasteiger partial charge is 0.334 e. The van der Waals surface area contributed by atoms with Crippen molar-refractivity contribution in [3.63, 3.8) is 0 Å². The van der Waals surface area contributed by atoms with E-state index < -0.39 is 0 Å². The lowest BCUT2D eigenvalue weighted by Gasteiger charge is -2.33. The van der Waals surface area contributed by atoms with Crippen LogP contribution in [0.25, 0.3) is 10.9 Å². The molecular weight excluding hydrogens is 317 g/mol. The summed E-state index contributed by atoms with van der Waals surface area (Å²) in [6.07, 6.45) is 4.51. The lowest BCUT2D eigenvalue weighted by Crippen LogP contribution is -2.47. The minimum absolute atomic E-state index is 0.0685. The Labute approximate surface area is 147 Å². The Morgan fingerprint density at radius 2 is 1.92 bits per heavy atom. The van der Waals surface area contributed by atoms with Crippen LogP contribution >= 0.6 is 0 Å². The van der Waals surface area contributed by atoms with Gasteiger partial charge >= 0.3 is 0 Å². The predicted octanol–water partition coefficient (Wildman–Crippen LogP) is 3.38. The van der Waals surface area contributed by atoms with E-state index in [-0.39, 0.29) is 11.7 Å². The van der Waals surface area contributed by atoms with Crippen LogP contribution in [-0.2, 0) is 0 Å². The van der Waals surface area contributed by atoms with Gasteiger partial charge in [-0.25, -0.2) is 4.39 Å². The molecule has 2 atom stereocenters. The van der Waals surface area contributed by atoms with E-state index >= 15 is 0 Å². The van der Waals surface area contributed by atoms with E-state index in [0.717, 1.165) is 31.3 Å². The molecule has 2 aliphatic heterocycles. The van der Waals surface area contributed by atoms with Crippen molar-refractivity contribution in [2.24, 2.45) is 0 Å². The van der Waals surface area contributed by atoms with E-state index in [4.69, 9.17) is 0 Å². The first-order valence-corrected chi connectivity index (χ1v) is 9.13. The highest BCUT2D eigenvalue weighted by Gasteiger charge is 2.39. The van der Waals surface area contributed by atoms with Crippen LogP contribution in [0.5, 0.6) is 0 Å². The number of carbonyl (C=O) groups excluding carboxylic acids is 1. The molecule has 5 heteroatoms. The van der Waals surface area contributed by atoms with Crippen molar-refractivity contribution in [3.05, 3.63) is 41.3 Å². The first-order valence-electron chi connectivity index (χ1n) is 9.13. The van der Waals surface area contributed by atoms with Gasteiger partial charge in [-0.1, -0.05) is 0 Å². The third-order valence-corrected chi connectivity index (χ3v) is 5.78. The van der Waals surface area contributed by atoms with E-state index in [9.17, 15) is 9.18 Å². The van der Waals surface area contributed by atoms with E-state index in [0.29, 0.717) is 28.9 Å². The molecule has 2 fully saturated rings. The van der Waals surface area contributed by atoms with Crippen LogP contribution in [0.4, 0.5) is 4.39 Å². The number of fused-ring (bicyclic) bond motifs is 1. The van der Waals surface area contributed by atoms with Crippen LogP contribution in [-0.4, -0.2) is 52.9 Å². The average Bonchev–Trinajstić information content (AvgIpc) is 3.21. The molecule has 0 radical (unpaired) electrons. The average molecular weight is 341 g/mol. The summed E-state index contributed by atoms with van der Waals surface area (Å²) < 4.78 is 13.4. The van der Waals surface area contributed by atoms with Gasteiger partial charge in [-0.3, -0.25) is 9.78 Å². The summed E-state index contributed by atoms with van der Waals surface area (Å²) in [6, 6.07) is 7.16. The number of nitrogens with zero attached hydrogens (tertiary/aromatic N) is 3. The summed E-state index contributed by atoms with van der Waals surface area (Å²) in [5, 5.41) is 0.809. The van der Waals surface area contributed by atoms with Crippen LogP contribution in [0, 0.1) is 12.7 Å². The Kier molecular flexibility index (Phi) is 4.20. The van der Waals surface area contributed by atoms with Crippen molar-refractivity contribution >= 4 is 16.8 Å². The third kappa shape index (κ3) is 2.91. The topological polar surface area (TPSA) is 36.4 Å². The monoisotopic (exact) mass is 341 g/mol. The molecule has 2 unspecified atom stereocenters. The SMILES string of the molecule is Cc1nc2cc(F)ccc2cc1C(=O)N1CCCC1C1CCCN1C. The predicted molar refractivity (Wildman–Crippen MR) is 96.1 cm³/mol. The summed E-state index contributed by atoms with van der Waals surface area (Å²) in [5.74, 6) is -0.235. The number of carbonyl (C=O) groups is 1. The summed E-state index contributed by atoms with van der Waals surface area (Å²) in [6.45, 7) is 3.77. The molecular formula is C20H24FN3O. The van der Waals surface area contributed by atoms with Crippen LogP contribution in [0.15, 0.2) is 24.3 Å². The van der Waals surface area contributed by atoms with Crippen molar-refractivity contribution in [2.45, 2.75) is 44.7 Å². The lowest BCUT2D eigenvalue weighted by atomic mass is 10.0. The minimum Gasteiger partial charge on any atom is -0.334 e. The normalized spacial score (nSPS) is 24.4. The quantitative estimate of drug-likeness (QED) is 0.840. The zero-order chi connectivity index (χ0) is 17.6. The molecule has 0 spiro atoms. The fourth-order valence-electron chi connectivity index (χ4n) is 4.47. The van der Waals surface area contributed by atoms with E-state index in [2.05, 4.69) is 16.9 Å². The molecule has 0 aliphatic carbocycles. The van der Waals surface area contributed by atoms with Gasteiger partial charge in [0, 0.05) is 30.1 Å². The van der Waals surface area contributed by atoms with Gasteiger partial charge in [0.15, 0.2) is 0 Å². The van der Waals surface area contributed by atoms with Gasteiger partial charge in [-0.05, 0) is 64.4 Å². The molecule has 2 aromatic rings. The zero-order valence-electron chi connectivity index (χ0n) is 14.8. The van der Waals surface area contributed by atoms with Crippen molar-refractivity contribution in [2.75, 3.05) is 20.1 Å². The number of pyridine rings is 1. The second kappa shape index (κ2) is 6.37. The van der Waals surface area contributed by atoms with Gasteiger partial charge in [0.25, 0.3) is 5.91 Å². The van der Waals surface area contributed by atoms with E-state index in [1.54, 1.807) is 6.07 Å². The maximum atomic E-state index is 13.4. The molecule has 0 saturated carbocycles. The Morgan fingerprint density at radius 1 is 1.16 bits per heavy atom. The van der Waals surface area contributed by atoms with Gasteiger partial charge in [0.05, 0.1) is 16.8 Å². The molecule has 1 aromatic carbocycles. The molecule has 3 heterocycles.